The SMILES string of the molecule is O=C(O)COc1ccc(S(=O)(=O)c2ccc(CCNC(=O)C(F)(F)F)c(Cl)c2)cc1. The van der Waals surface area contributed by atoms with Crippen LogP contribution in [0.2, 0.25) is 5.02 Å². The number of sulfone groups is 1. The van der Waals surface area contributed by atoms with Gasteiger partial charge in [-0.1, -0.05) is 17.7 Å². The summed E-state index contributed by atoms with van der Waals surface area (Å²) in [6, 6.07) is 8.83. The standard InChI is InChI=1S/C18H15ClF3NO6S/c19-15-9-14(4-1-11(15)7-8-23-17(26)18(20,21)22)30(27,28)13-5-2-12(3-6-13)29-10-16(24)25/h1-6,9H,7-8,10H2,(H,23,26)(H,24,25). The lowest BCUT2D eigenvalue weighted by Crippen LogP contribution is -2.37. The first kappa shape index (κ1) is 23.5. The second-order valence-corrected chi connectivity index (χ2v) is 8.27. The van der Waals surface area contributed by atoms with E-state index >= 15 is 0 Å². The van der Waals surface area contributed by atoms with Crippen molar-refractivity contribution < 1.29 is 41.0 Å². The van der Waals surface area contributed by atoms with Crippen LogP contribution in [0.4, 0.5) is 13.2 Å². The summed E-state index contributed by atoms with van der Waals surface area (Å²) < 4.78 is 66.9. The number of halogens is 4. The summed E-state index contributed by atoms with van der Waals surface area (Å²) in [5, 5.41) is 10.3. The zero-order chi connectivity index (χ0) is 22.5. The number of carboxylic acids is 1. The summed E-state index contributed by atoms with van der Waals surface area (Å²) in [6.07, 6.45) is -5.02. The van der Waals surface area contributed by atoms with Gasteiger partial charge in [0.25, 0.3) is 0 Å². The highest BCUT2D eigenvalue weighted by atomic mass is 35.5. The van der Waals surface area contributed by atoms with Crippen molar-refractivity contribution >= 4 is 33.3 Å². The minimum atomic E-state index is -4.99. The molecule has 0 bridgehead atoms. The number of rotatable bonds is 8. The molecule has 2 aromatic rings. The van der Waals surface area contributed by atoms with Gasteiger partial charge in [0.2, 0.25) is 9.84 Å². The molecule has 0 heterocycles. The molecule has 0 saturated heterocycles. The molecule has 1 amide bonds. The fourth-order valence-corrected chi connectivity index (χ4v) is 3.93. The number of alkyl halides is 3. The normalized spacial score (nSPS) is 11.7. The largest absolute Gasteiger partial charge is 0.482 e. The van der Waals surface area contributed by atoms with Crippen molar-refractivity contribution in [2.24, 2.45) is 0 Å². The molecule has 7 nitrogen and oxygen atoms in total. The van der Waals surface area contributed by atoms with E-state index in [9.17, 15) is 31.2 Å². The Labute approximate surface area is 174 Å². The summed E-state index contributed by atoms with van der Waals surface area (Å²) >= 11 is 6.05. The van der Waals surface area contributed by atoms with Gasteiger partial charge < -0.3 is 15.2 Å². The van der Waals surface area contributed by atoms with Crippen LogP contribution < -0.4 is 10.1 Å². The van der Waals surface area contributed by atoms with Gasteiger partial charge in [-0.2, -0.15) is 13.2 Å². The highest BCUT2D eigenvalue weighted by Crippen LogP contribution is 2.27. The summed E-state index contributed by atoms with van der Waals surface area (Å²) in [6.45, 7) is -0.908. The number of carboxylic acid groups (broad SMARTS) is 1. The zero-order valence-electron chi connectivity index (χ0n) is 15.1. The lowest BCUT2D eigenvalue weighted by atomic mass is 10.1. The zero-order valence-corrected chi connectivity index (χ0v) is 16.6. The monoisotopic (exact) mass is 465 g/mol. The molecule has 0 aliphatic carbocycles. The van der Waals surface area contributed by atoms with Crippen LogP contribution in [-0.4, -0.2) is 44.7 Å². The molecule has 2 rings (SSSR count). The van der Waals surface area contributed by atoms with E-state index in [1.54, 1.807) is 5.32 Å². The third kappa shape index (κ3) is 6.10. The summed E-state index contributed by atoms with van der Waals surface area (Å²) in [5.41, 5.74) is 0.357. The predicted octanol–water partition coefficient (Wildman–Crippen LogP) is 2.86. The molecule has 2 N–H and O–H groups in total. The van der Waals surface area contributed by atoms with E-state index in [4.69, 9.17) is 21.4 Å². The Balaban J connectivity index is 2.10. The van der Waals surface area contributed by atoms with Crippen LogP contribution in [0, 0.1) is 0 Å². The number of hydrogen-bond donors (Lipinski definition) is 2. The molecule has 0 spiro atoms. The van der Waals surface area contributed by atoms with Crippen molar-refractivity contribution in [3.8, 4) is 5.75 Å². The second-order valence-electron chi connectivity index (χ2n) is 5.91. The van der Waals surface area contributed by atoms with E-state index in [1.807, 2.05) is 0 Å². The van der Waals surface area contributed by atoms with Crippen LogP contribution in [0.25, 0.3) is 0 Å². The van der Waals surface area contributed by atoms with E-state index in [0.29, 0.717) is 5.56 Å². The fraction of sp³-hybridized carbons (Fsp3) is 0.222. The average Bonchev–Trinajstić information content (AvgIpc) is 2.67. The second kappa shape index (κ2) is 9.35. The molecule has 0 unspecified atom stereocenters. The quantitative estimate of drug-likeness (QED) is 0.620. The van der Waals surface area contributed by atoms with Gasteiger partial charge in [0.15, 0.2) is 6.61 Å². The molecule has 30 heavy (non-hydrogen) atoms. The van der Waals surface area contributed by atoms with E-state index in [1.165, 1.54) is 36.4 Å². The minimum Gasteiger partial charge on any atom is -0.482 e. The summed E-state index contributed by atoms with van der Waals surface area (Å²) in [5.74, 6) is -3.08. The highest BCUT2D eigenvalue weighted by molar-refractivity contribution is 7.91. The van der Waals surface area contributed by atoms with Crippen molar-refractivity contribution in [2.45, 2.75) is 22.4 Å². The molecule has 0 fully saturated rings. The lowest BCUT2D eigenvalue weighted by Gasteiger charge is -2.11. The van der Waals surface area contributed by atoms with Crippen LogP contribution in [0.3, 0.4) is 0 Å². The fourth-order valence-electron chi connectivity index (χ4n) is 2.31. The topological polar surface area (TPSA) is 110 Å². The molecule has 162 valence electrons. The third-order valence-corrected chi connectivity index (χ3v) is 5.89. The Kier molecular flexibility index (Phi) is 7.32. The molecule has 0 saturated carbocycles. The Morgan fingerprint density at radius 2 is 1.67 bits per heavy atom. The molecule has 2 aromatic carbocycles. The first-order valence-electron chi connectivity index (χ1n) is 8.24. The number of amides is 1. The molecular weight excluding hydrogens is 451 g/mol. The van der Waals surface area contributed by atoms with Crippen molar-refractivity contribution in [2.75, 3.05) is 13.2 Å². The number of ether oxygens (including phenoxy) is 1. The Bertz CT molecular complexity index is 1040. The number of carbonyl (C=O) groups is 2. The molecule has 0 aliphatic heterocycles. The first-order valence-corrected chi connectivity index (χ1v) is 10.1. The smallest absolute Gasteiger partial charge is 0.471 e. The van der Waals surface area contributed by atoms with Crippen molar-refractivity contribution in [1.29, 1.82) is 0 Å². The highest BCUT2D eigenvalue weighted by Gasteiger charge is 2.38. The van der Waals surface area contributed by atoms with E-state index in [-0.39, 0.29) is 33.5 Å². The van der Waals surface area contributed by atoms with Gasteiger partial charge in [0, 0.05) is 11.6 Å². The Morgan fingerprint density at radius 1 is 1.07 bits per heavy atom. The first-order chi connectivity index (χ1) is 13.9. The van der Waals surface area contributed by atoms with Crippen LogP contribution in [0.1, 0.15) is 5.56 Å². The van der Waals surface area contributed by atoms with E-state index < -0.39 is 34.5 Å². The molecule has 0 aliphatic rings. The van der Waals surface area contributed by atoms with Gasteiger partial charge in [-0.05, 0) is 48.4 Å². The molecule has 0 radical (unpaired) electrons. The van der Waals surface area contributed by atoms with Crippen molar-refractivity contribution in [3.63, 3.8) is 0 Å². The molecule has 0 aromatic heterocycles. The third-order valence-electron chi connectivity index (χ3n) is 3.77. The number of aliphatic carboxylic acids is 1. The van der Waals surface area contributed by atoms with Gasteiger partial charge in [0.1, 0.15) is 5.75 Å². The van der Waals surface area contributed by atoms with Gasteiger partial charge >= 0.3 is 18.1 Å². The number of carbonyl (C=O) groups excluding carboxylic acids is 1. The van der Waals surface area contributed by atoms with Crippen molar-refractivity contribution in [3.05, 3.63) is 53.1 Å². The molecular formula is C18H15ClF3NO6S. The Hall–Kier alpha value is -2.79. The number of hydrogen-bond acceptors (Lipinski definition) is 5. The number of benzene rings is 2. The molecule has 12 heteroatoms. The maximum Gasteiger partial charge on any atom is 0.471 e. The maximum atomic E-state index is 12.7. The number of nitrogens with one attached hydrogen (secondary N) is 1. The summed E-state index contributed by atoms with van der Waals surface area (Å²) in [7, 11) is -3.95. The van der Waals surface area contributed by atoms with Gasteiger partial charge in [-0.15, -0.1) is 0 Å². The van der Waals surface area contributed by atoms with Gasteiger partial charge in [0.05, 0.1) is 9.79 Å². The van der Waals surface area contributed by atoms with Crippen LogP contribution >= 0.6 is 11.6 Å². The lowest BCUT2D eigenvalue weighted by molar-refractivity contribution is -0.173. The minimum absolute atomic E-state index is 0.0127. The van der Waals surface area contributed by atoms with Crippen LogP contribution in [0.15, 0.2) is 52.3 Å². The van der Waals surface area contributed by atoms with Gasteiger partial charge in [-0.3, -0.25) is 4.79 Å². The van der Waals surface area contributed by atoms with E-state index in [2.05, 4.69) is 0 Å². The maximum absolute atomic E-state index is 12.7. The van der Waals surface area contributed by atoms with Crippen LogP contribution in [-0.2, 0) is 25.8 Å². The van der Waals surface area contributed by atoms with E-state index in [0.717, 1.165) is 6.07 Å². The Morgan fingerprint density at radius 3 is 2.20 bits per heavy atom. The predicted molar refractivity (Wildman–Crippen MR) is 99.2 cm³/mol. The average molecular weight is 466 g/mol. The van der Waals surface area contributed by atoms with Gasteiger partial charge in [-0.25, -0.2) is 13.2 Å². The molecule has 0 atom stereocenters. The van der Waals surface area contributed by atoms with Crippen molar-refractivity contribution in [1.82, 2.24) is 5.32 Å². The summed E-state index contributed by atoms with van der Waals surface area (Å²) in [4.78, 5) is 21.0. The van der Waals surface area contributed by atoms with Crippen LogP contribution in [0.5, 0.6) is 5.75 Å².